The smallest absolute Gasteiger partial charge is 0.179 e. The van der Waals surface area contributed by atoms with Gasteiger partial charge in [0, 0.05) is 27.2 Å². The molecule has 0 amide bonds. The summed E-state index contributed by atoms with van der Waals surface area (Å²) in [4.78, 5) is 0. The van der Waals surface area contributed by atoms with Gasteiger partial charge in [-0.2, -0.15) is 0 Å². The van der Waals surface area contributed by atoms with Crippen molar-refractivity contribution in [2.24, 2.45) is 0 Å². The molecule has 0 saturated heterocycles. The molecule has 0 aliphatic rings. The molecular formula is C54H38N2Si. The van der Waals surface area contributed by atoms with Gasteiger partial charge in [-0.3, -0.25) is 0 Å². The van der Waals surface area contributed by atoms with Gasteiger partial charge in [0.05, 0.1) is 27.8 Å². The summed E-state index contributed by atoms with van der Waals surface area (Å²) in [6.45, 7) is 0. The third-order valence-electron chi connectivity index (χ3n) is 11.8. The van der Waals surface area contributed by atoms with Gasteiger partial charge >= 0.3 is 0 Å². The monoisotopic (exact) mass is 742 g/mol. The second-order valence-electron chi connectivity index (χ2n) is 14.9. The molecule has 0 radical (unpaired) electrons. The van der Waals surface area contributed by atoms with E-state index in [2.05, 4.69) is 240 Å². The highest BCUT2D eigenvalue weighted by atomic mass is 28.3. The Bertz CT molecular complexity index is 3110. The summed E-state index contributed by atoms with van der Waals surface area (Å²) in [5, 5.41) is 10.4. The van der Waals surface area contributed by atoms with E-state index < -0.39 is 8.07 Å². The topological polar surface area (TPSA) is 9.86 Å². The molecular weight excluding hydrogens is 705 g/mol. The number of hydrogen-bond donors (Lipinski definition) is 0. The molecule has 2 heterocycles. The molecule has 0 spiro atoms. The fraction of sp³-hybridized carbons (Fsp3) is 0. The number of nitrogens with zero attached hydrogens (tertiary/aromatic N) is 2. The van der Waals surface area contributed by atoms with Gasteiger partial charge in [0.15, 0.2) is 8.07 Å². The standard InChI is InChI=1S/C54H38N2Si/c1-6-20-39(21-7-1)40-36-49-47-31-17-18-32-50(47)55(41-22-8-2-9-23-41)54(49)53(37-40)56-51-33-19-16-30-46(51)48-35-34-45(38-52(48)56)57(42-24-10-3-11-25-42,43-26-12-4-13-27-43)44-28-14-5-15-29-44/h1-38H. The van der Waals surface area contributed by atoms with Gasteiger partial charge in [0.2, 0.25) is 0 Å². The van der Waals surface area contributed by atoms with Crippen LogP contribution in [-0.4, -0.2) is 17.2 Å². The van der Waals surface area contributed by atoms with Gasteiger partial charge in [0.25, 0.3) is 0 Å². The zero-order valence-electron chi connectivity index (χ0n) is 31.3. The Morgan fingerprint density at radius 2 is 0.737 bits per heavy atom. The van der Waals surface area contributed by atoms with Crippen LogP contribution in [0.3, 0.4) is 0 Å². The third kappa shape index (κ3) is 5.17. The number of hydrogen-bond acceptors (Lipinski definition) is 0. The Morgan fingerprint density at radius 1 is 0.281 bits per heavy atom. The highest BCUT2D eigenvalue weighted by Crippen LogP contribution is 2.42. The van der Waals surface area contributed by atoms with Crippen LogP contribution in [0.2, 0.25) is 0 Å². The summed E-state index contributed by atoms with van der Waals surface area (Å²) in [6.07, 6.45) is 0. The molecule has 9 aromatic carbocycles. The van der Waals surface area contributed by atoms with Gasteiger partial charge < -0.3 is 9.13 Å². The molecule has 2 aromatic heterocycles. The number of rotatable bonds is 7. The number of benzene rings is 9. The van der Waals surface area contributed by atoms with Gasteiger partial charge in [-0.15, -0.1) is 0 Å². The molecule has 11 rings (SSSR count). The molecule has 11 aromatic rings. The molecule has 0 unspecified atom stereocenters. The molecule has 0 N–H and O–H groups in total. The Labute approximate surface area is 333 Å². The van der Waals surface area contributed by atoms with E-state index in [1.807, 2.05) is 0 Å². The first-order chi connectivity index (χ1) is 28.3. The van der Waals surface area contributed by atoms with Crippen molar-refractivity contribution in [2.45, 2.75) is 0 Å². The third-order valence-corrected chi connectivity index (χ3v) is 16.6. The van der Waals surface area contributed by atoms with Gasteiger partial charge in [-0.05, 0) is 74.3 Å². The van der Waals surface area contributed by atoms with Crippen molar-refractivity contribution >= 4 is 72.4 Å². The first kappa shape index (κ1) is 33.2. The normalized spacial score (nSPS) is 11.9. The summed E-state index contributed by atoms with van der Waals surface area (Å²) >= 11 is 0. The molecule has 0 fully saturated rings. The molecule has 0 aliphatic heterocycles. The first-order valence-corrected chi connectivity index (χ1v) is 21.7. The molecule has 0 saturated carbocycles. The van der Waals surface area contributed by atoms with Crippen LogP contribution in [0.25, 0.3) is 66.1 Å². The van der Waals surface area contributed by atoms with Gasteiger partial charge in [-0.25, -0.2) is 0 Å². The number of fused-ring (bicyclic) bond motifs is 6. The van der Waals surface area contributed by atoms with Crippen molar-refractivity contribution in [1.82, 2.24) is 9.13 Å². The predicted molar refractivity (Wildman–Crippen MR) is 244 cm³/mol. The van der Waals surface area contributed by atoms with Crippen LogP contribution < -0.4 is 20.7 Å². The van der Waals surface area contributed by atoms with E-state index in [9.17, 15) is 0 Å². The van der Waals surface area contributed by atoms with Crippen LogP contribution in [0.15, 0.2) is 231 Å². The van der Waals surface area contributed by atoms with Crippen molar-refractivity contribution in [1.29, 1.82) is 0 Å². The van der Waals surface area contributed by atoms with E-state index in [1.165, 1.54) is 75.5 Å². The predicted octanol–water partition coefficient (Wildman–Crippen LogP) is 10.9. The van der Waals surface area contributed by atoms with Crippen molar-refractivity contribution < 1.29 is 0 Å². The van der Waals surface area contributed by atoms with Crippen molar-refractivity contribution in [3.8, 4) is 22.5 Å². The summed E-state index contributed by atoms with van der Waals surface area (Å²) in [5.74, 6) is 0. The maximum absolute atomic E-state index is 2.82. The Kier molecular flexibility index (Phi) is 7.87. The minimum absolute atomic E-state index is 1.14. The molecule has 57 heavy (non-hydrogen) atoms. The second kappa shape index (κ2) is 13.5. The van der Waals surface area contributed by atoms with Crippen molar-refractivity contribution in [3.05, 3.63) is 231 Å². The van der Waals surface area contributed by atoms with E-state index in [-0.39, 0.29) is 0 Å². The molecule has 0 bridgehead atoms. The minimum Gasteiger partial charge on any atom is -0.307 e. The fourth-order valence-corrected chi connectivity index (χ4v) is 14.2. The van der Waals surface area contributed by atoms with Crippen LogP contribution >= 0.6 is 0 Å². The maximum atomic E-state index is 2.56. The van der Waals surface area contributed by atoms with Crippen LogP contribution in [0.4, 0.5) is 0 Å². The average molecular weight is 743 g/mol. The van der Waals surface area contributed by atoms with Gasteiger partial charge in [0.1, 0.15) is 0 Å². The lowest BCUT2D eigenvalue weighted by molar-refractivity contribution is 1.13. The molecule has 0 atom stereocenters. The zero-order valence-corrected chi connectivity index (χ0v) is 32.3. The summed E-state index contributed by atoms with van der Waals surface area (Å²) in [5.41, 5.74) is 9.45. The highest BCUT2D eigenvalue weighted by Gasteiger charge is 2.41. The molecule has 3 heteroatoms. The van der Waals surface area contributed by atoms with E-state index in [0.29, 0.717) is 0 Å². The Morgan fingerprint density at radius 3 is 1.32 bits per heavy atom. The lowest BCUT2D eigenvalue weighted by Gasteiger charge is -2.34. The highest BCUT2D eigenvalue weighted by molar-refractivity contribution is 7.20. The largest absolute Gasteiger partial charge is 0.307 e. The van der Waals surface area contributed by atoms with Gasteiger partial charge in [-0.1, -0.05) is 188 Å². The second-order valence-corrected chi connectivity index (χ2v) is 18.7. The van der Waals surface area contributed by atoms with Crippen LogP contribution in [0.1, 0.15) is 0 Å². The maximum Gasteiger partial charge on any atom is 0.179 e. The average Bonchev–Trinajstić information content (AvgIpc) is 3.81. The van der Waals surface area contributed by atoms with Crippen molar-refractivity contribution in [2.75, 3.05) is 0 Å². The van der Waals surface area contributed by atoms with E-state index in [4.69, 9.17) is 0 Å². The van der Waals surface area contributed by atoms with E-state index in [1.54, 1.807) is 0 Å². The summed E-state index contributed by atoms with van der Waals surface area (Å²) in [6, 6.07) is 85.3. The molecule has 0 aliphatic carbocycles. The SMILES string of the molecule is c1ccc(-c2cc(-n3c4ccccc4c4ccc([Si](c5ccccc5)(c5ccccc5)c5ccccc5)cc43)c3c(c2)c2ccccc2n3-c2ccccc2)cc1. The summed E-state index contributed by atoms with van der Waals surface area (Å²) < 4.78 is 5.03. The minimum atomic E-state index is -2.82. The molecule has 2 nitrogen and oxygen atoms in total. The first-order valence-electron chi connectivity index (χ1n) is 19.7. The molecule has 268 valence electrons. The zero-order chi connectivity index (χ0) is 37.8. The van der Waals surface area contributed by atoms with E-state index in [0.717, 1.165) is 11.4 Å². The number of aromatic nitrogens is 2. The van der Waals surface area contributed by atoms with Crippen LogP contribution in [-0.2, 0) is 0 Å². The van der Waals surface area contributed by atoms with Crippen molar-refractivity contribution in [3.63, 3.8) is 0 Å². The van der Waals surface area contributed by atoms with E-state index >= 15 is 0 Å². The van der Waals surface area contributed by atoms with Crippen LogP contribution in [0, 0.1) is 0 Å². The quantitative estimate of drug-likeness (QED) is 0.114. The number of para-hydroxylation sites is 3. The lowest BCUT2D eigenvalue weighted by atomic mass is 10.0. The summed E-state index contributed by atoms with van der Waals surface area (Å²) in [7, 11) is -2.82. The Balaban J connectivity index is 1.32. The lowest BCUT2D eigenvalue weighted by Crippen LogP contribution is -2.74. The Hall–Kier alpha value is -7.20. The van der Waals surface area contributed by atoms with Crippen LogP contribution in [0.5, 0.6) is 0 Å². The fourth-order valence-electron chi connectivity index (χ4n) is 9.42.